The Morgan fingerprint density at radius 1 is 1.14 bits per heavy atom. The highest BCUT2D eigenvalue weighted by atomic mass is 16.4. The van der Waals surface area contributed by atoms with Gasteiger partial charge in [0, 0.05) is 18.3 Å². The summed E-state index contributed by atoms with van der Waals surface area (Å²) in [5, 5.41) is 21.1. The summed E-state index contributed by atoms with van der Waals surface area (Å²) in [6.45, 7) is 6.87. The van der Waals surface area contributed by atoms with Crippen molar-refractivity contribution in [3.63, 3.8) is 0 Å². The van der Waals surface area contributed by atoms with Gasteiger partial charge in [0.05, 0.1) is 5.60 Å². The topological polar surface area (TPSA) is 74.6 Å². The van der Waals surface area contributed by atoms with E-state index in [0.29, 0.717) is 30.1 Å². The Bertz CT molecular complexity index is 711. The number of aliphatic carboxylic acids is 1. The molecule has 3 fully saturated rings. The minimum absolute atomic E-state index is 0.205. The number of carboxylic acid groups (broad SMARTS) is 1. The predicted molar refractivity (Wildman–Crippen MR) is 108 cm³/mol. The molecule has 4 rings (SSSR count). The van der Waals surface area contributed by atoms with E-state index in [9.17, 15) is 14.7 Å². The van der Waals surface area contributed by atoms with Gasteiger partial charge in [0.25, 0.3) is 0 Å². The number of hydrogen-bond donors (Lipinski definition) is 2. The van der Waals surface area contributed by atoms with Crippen LogP contribution < -0.4 is 0 Å². The van der Waals surface area contributed by atoms with Gasteiger partial charge in [-0.2, -0.15) is 0 Å². The zero-order valence-corrected chi connectivity index (χ0v) is 17.7. The Morgan fingerprint density at radius 2 is 1.89 bits per heavy atom. The first-order chi connectivity index (χ1) is 13.1. The molecule has 0 saturated heterocycles. The molecule has 0 radical (unpaired) electrons. The lowest BCUT2D eigenvalue weighted by Gasteiger charge is -2.63. The average Bonchev–Trinajstić information content (AvgIpc) is 2.98. The van der Waals surface area contributed by atoms with Crippen molar-refractivity contribution in [1.29, 1.82) is 0 Å². The molecule has 0 spiro atoms. The van der Waals surface area contributed by atoms with Gasteiger partial charge in [-0.05, 0) is 86.5 Å². The molecule has 4 aliphatic rings. The summed E-state index contributed by atoms with van der Waals surface area (Å²) in [6.07, 6.45) is 10.3. The van der Waals surface area contributed by atoms with Crippen LogP contribution in [0.15, 0.2) is 11.6 Å². The minimum atomic E-state index is -0.698. The van der Waals surface area contributed by atoms with Gasteiger partial charge in [-0.1, -0.05) is 26.3 Å². The molecular weight excluding hydrogens is 352 g/mol. The largest absolute Gasteiger partial charge is 0.481 e. The maximum atomic E-state index is 12.1. The minimum Gasteiger partial charge on any atom is -0.481 e. The van der Waals surface area contributed by atoms with Gasteiger partial charge in [0.2, 0.25) is 0 Å². The molecule has 0 aliphatic heterocycles. The van der Waals surface area contributed by atoms with Crippen LogP contribution >= 0.6 is 0 Å². The molecule has 0 aromatic rings. The molecule has 4 nitrogen and oxygen atoms in total. The van der Waals surface area contributed by atoms with Gasteiger partial charge in [0.15, 0.2) is 5.78 Å². The van der Waals surface area contributed by atoms with Crippen molar-refractivity contribution in [2.24, 2.45) is 34.5 Å². The Hall–Kier alpha value is -1.16. The maximum Gasteiger partial charge on any atom is 0.303 e. The highest BCUT2D eigenvalue weighted by Gasteiger charge is 2.65. The summed E-state index contributed by atoms with van der Waals surface area (Å²) < 4.78 is 0. The third kappa shape index (κ3) is 2.74. The normalized spacial score (nSPS) is 46.2. The van der Waals surface area contributed by atoms with Crippen LogP contribution in [0, 0.1) is 34.5 Å². The van der Waals surface area contributed by atoms with Gasteiger partial charge >= 0.3 is 5.97 Å². The number of rotatable bonds is 4. The Labute approximate surface area is 168 Å². The number of ketones is 1. The molecule has 4 aliphatic carbocycles. The molecule has 28 heavy (non-hydrogen) atoms. The van der Waals surface area contributed by atoms with Crippen molar-refractivity contribution in [2.75, 3.05) is 0 Å². The first kappa shape index (κ1) is 20.1. The molecule has 7 atom stereocenters. The number of carbonyl (C=O) groups is 2. The monoisotopic (exact) mass is 388 g/mol. The molecule has 3 saturated carbocycles. The summed E-state index contributed by atoms with van der Waals surface area (Å²) in [5.41, 5.74) is 0.450. The van der Waals surface area contributed by atoms with Crippen LogP contribution in [0.5, 0.6) is 0 Å². The standard InChI is InChI=1S/C24H36O4/c1-15(4-9-21(26)27)18-7-8-19-20-6-5-16-14-17(25)10-11-23(16,3)24(20,28)13-12-22(18,19)2/h14-15,18-20,28H,4-13H2,1-3H3,(H,26,27)/t15-,18?,19?,20?,22-,23+,24-/m1/s1. The average molecular weight is 389 g/mol. The van der Waals surface area contributed by atoms with Crippen molar-refractivity contribution >= 4 is 11.8 Å². The summed E-state index contributed by atoms with van der Waals surface area (Å²) in [4.78, 5) is 23.0. The van der Waals surface area contributed by atoms with Crippen LogP contribution in [0.4, 0.5) is 0 Å². The number of fused-ring (bicyclic) bond motifs is 5. The van der Waals surface area contributed by atoms with E-state index in [-0.39, 0.29) is 23.0 Å². The lowest BCUT2D eigenvalue weighted by molar-refractivity contribution is -0.193. The highest BCUT2D eigenvalue weighted by Crippen LogP contribution is 2.69. The number of carboxylic acids is 1. The van der Waals surface area contributed by atoms with Crippen molar-refractivity contribution in [1.82, 2.24) is 0 Å². The quantitative estimate of drug-likeness (QED) is 0.729. The Kier molecular flexibility index (Phi) is 4.80. The van der Waals surface area contributed by atoms with Crippen LogP contribution in [0.3, 0.4) is 0 Å². The van der Waals surface area contributed by atoms with Crippen LogP contribution in [0.2, 0.25) is 0 Å². The van der Waals surface area contributed by atoms with E-state index in [2.05, 4.69) is 20.8 Å². The second kappa shape index (κ2) is 6.68. The molecule has 3 unspecified atom stereocenters. The Balaban J connectivity index is 1.60. The third-order valence-corrected chi connectivity index (χ3v) is 9.72. The third-order valence-electron chi connectivity index (χ3n) is 9.72. The van der Waals surface area contributed by atoms with Crippen LogP contribution in [0.25, 0.3) is 0 Å². The zero-order chi connectivity index (χ0) is 20.3. The van der Waals surface area contributed by atoms with Crippen molar-refractivity contribution in [3.8, 4) is 0 Å². The molecule has 0 amide bonds. The zero-order valence-electron chi connectivity index (χ0n) is 17.7. The van der Waals surface area contributed by atoms with Crippen molar-refractivity contribution in [3.05, 3.63) is 11.6 Å². The van der Waals surface area contributed by atoms with E-state index >= 15 is 0 Å². The van der Waals surface area contributed by atoms with E-state index < -0.39 is 11.6 Å². The molecule has 2 N–H and O–H groups in total. The van der Waals surface area contributed by atoms with Gasteiger partial charge in [-0.15, -0.1) is 0 Å². The smallest absolute Gasteiger partial charge is 0.303 e. The molecule has 4 heteroatoms. The van der Waals surface area contributed by atoms with Crippen LogP contribution in [0.1, 0.15) is 85.0 Å². The van der Waals surface area contributed by atoms with Gasteiger partial charge in [-0.3, -0.25) is 9.59 Å². The van der Waals surface area contributed by atoms with Crippen molar-refractivity contribution < 1.29 is 19.8 Å². The maximum absolute atomic E-state index is 12.1. The fourth-order valence-corrected chi connectivity index (χ4v) is 8.03. The summed E-state index contributed by atoms with van der Waals surface area (Å²) in [7, 11) is 0. The second-order valence-corrected chi connectivity index (χ2v) is 10.7. The van der Waals surface area contributed by atoms with E-state index in [4.69, 9.17) is 5.11 Å². The first-order valence-corrected chi connectivity index (χ1v) is 11.3. The lowest BCUT2D eigenvalue weighted by atomic mass is 9.44. The first-order valence-electron chi connectivity index (χ1n) is 11.3. The van der Waals surface area contributed by atoms with E-state index in [1.807, 2.05) is 6.08 Å². The van der Waals surface area contributed by atoms with Gasteiger partial charge in [-0.25, -0.2) is 0 Å². The summed E-state index contributed by atoms with van der Waals surface area (Å²) in [5.74, 6) is 1.32. The lowest BCUT2D eigenvalue weighted by Crippen LogP contribution is -2.63. The Morgan fingerprint density at radius 3 is 2.61 bits per heavy atom. The molecule has 0 aromatic heterocycles. The van der Waals surface area contributed by atoms with Crippen LogP contribution in [-0.4, -0.2) is 27.6 Å². The summed E-state index contributed by atoms with van der Waals surface area (Å²) in [6, 6.07) is 0. The van der Waals surface area contributed by atoms with Crippen molar-refractivity contribution in [2.45, 2.75) is 90.6 Å². The molecule has 0 aromatic carbocycles. The van der Waals surface area contributed by atoms with Crippen LogP contribution in [-0.2, 0) is 9.59 Å². The molecule has 156 valence electrons. The van der Waals surface area contributed by atoms with E-state index in [1.165, 1.54) is 5.57 Å². The second-order valence-electron chi connectivity index (χ2n) is 10.7. The van der Waals surface area contributed by atoms with Gasteiger partial charge in [0.1, 0.15) is 0 Å². The SMILES string of the molecule is C[C@H](CCC(=O)O)C1CCC2C3CCC4=CC(=O)CC[C@]4(C)[C@@]3(O)CC[C@@]21C. The molecule has 0 bridgehead atoms. The van der Waals surface area contributed by atoms with E-state index in [1.54, 1.807) is 0 Å². The number of hydrogen-bond acceptors (Lipinski definition) is 3. The molecular formula is C24H36O4. The number of aliphatic hydroxyl groups is 1. The fourth-order valence-electron chi connectivity index (χ4n) is 8.03. The number of carbonyl (C=O) groups excluding carboxylic acids is 1. The van der Waals surface area contributed by atoms with Gasteiger partial charge < -0.3 is 10.2 Å². The summed E-state index contributed by atoms with van der Waals surface area (Å²) >= 11 is 0. The predicted octanol–water partition coefficient (Wildman–Crippen LogP) is 4.75. The highest BCUT2D eigenvalue weighted by molar-refractivity contribution is 5.91. The fraction of sp³-hybridized carbons (Fsp3) is 0.833. The van der Waals surface area contributed by atoms with E-state index in [0.717, 1.165) is 51.4 Å². The molecule has 0 heterocycles.